The van der Waals surface area contributed by atoms with Crippen molar-refractivity contribution in [2.24, 2.45) is 5.92 Å². The summed E-state index contributed by atoms with van der Waals surface area (Å²) < 4.78 is 13.8. The maximum absolute atomic E-state index is 13.8. The third kappa shape index (κ3) is 5.93. The molecule has 2 fully saturated rings. The van der Waals surface area contributed by atoms with E-state index in [0.717, 1.165) is 16.7 Å². The van der Waals surface area contributed by atoms with E-state index < -0.39 is 17.0 Å². The van der Waals surface area contributed by atoms with Gasteiger partial charge >= 0.3 is 6.03 Å². The van der Waals surface area contributed by atoms with Crippen LogP contribution in [-0.2, 0) is 9.59 Å². The zero-order valence-electron chi connectivity index (χ0n) is 18.9. The highest BCUT2D eigenvalue weighted by Crippen LogP contribution is 2.32. The van der Waals surface area contributed by atoms with E-state index in [9.17, 15) is 23.6 Å². The summed E-state index contributed by atoms with van der Waals surface area (Å²) in [5, 5.41) is 2.35. The van der Waals surface area contributed by atoms with Gasteiger partial charge in [-0.2, -0.15) is 0 Å². The Labute approximate surface area is 197 Å². The van der Waals surface area contributed by atoms with Crippen LogP contribution in [0.5, 0.6) is 0 Å². The fourth-order valence-electron chi connectivity index (χ4n) is 3.89. The number of halogens is 1. The molecule has 33 heavy (non-hydrogen) atoms. The number of thioether (sulfide) groups is 1. The molecule has 2 saturated heterocycles. The number of benzene rings is 1. The molecule has 1 aromatic rings. The van der Waals surface area contributed by atoms with Gasteiger partial charge in [-0.05, 0) is 50.6 Å². The Balaban J connectivity index is 1.46. The molecule has 2 aliphatic rings. The van der Waals surface area contributed by atoms with E-state index in [1.807, 2.05) is 13.8 Å². The van der Waals surface area contributed by atoms with Crippen LogP contribution in [0.3, 0.4) is 0 Å². The van der Waals surface area contributed by atoms with E-state index in [2.05, 4.69) is 5.32 Å². The number of carbonyl (C=O) groups excluding carboxylic acids is 4. The quantitative estimate of drug-likeness (QED) is 0.611. The van der Waals surface area contributed by atoms with Crippen LogP contribution in [0.4, 0.5) is 14.0 Å². The Kier molecular flexibility index (Phi) is 8.49. The lowest BCUT2D eigenvalue weighted by atomic mass is 9.96. The highest BCUT2D eigenvalue weighted by Gasteiger charge is 2.35. The maximum Gasteiger partial charge on any atom is 0.319 e. The van der Waals surface area contributed by atoms with Crippen molar-refractivity contribution in [2.45, 2.75) is 26.7 Å². The van der Waals surface area contributed by atoms with E-state index in [1.165, 1.54) is 18.2 Å². The zero-order valence-corrected chi connectivity index (χ0v) is 19.7. The van der Waals surface area contributed by atoms with Gasteiger partial charge in [0.15, 0.2) is 0 Å². The topological polar surface area (TPSA) is 90.0 Å². The summed E-state index contributed by atoms with van der Waals surface area (Å²) in [4.78, 5) is 54.5. The molecule has 1 aromatic carbocycles. The fraction of sp³-hybridized carbons (Fsp3) is 0.478. The molecular formula is C23H29FN4O4S. The summed E-state index contributed by atoms with van der Waals surface area (Å²) in [5.74, 6) is -1.31. The minimum atomic E-state index is -0.495. The summed E-state index contributed by atoms with van der Waals surface area (Å²) in [5.41, 5.74) is 0.238. The van der Waals surface area contributed by atoms with Gasteiger partial charge in [-0.15, -0.1) is 0 Å². The standard InChI is InChI=1S/C23H29FN4O4S/c1-3-26(4-2)22(31)27-12-9-16(10-13-27)20(29)25-11-14-28-21(30)19(33-23(28)32)15-17-7-5-6-8-18(17)24/h5-8,15-16H,3-4,9-14H2,1-2H3,(H,25,29)/b19-15-. The largest absolute Gasteiger partial charge is 0.354 e. The van der Waals surface area contributed by atoms with E-state index >= 15 is 0 Å². The lowest BCUT2D eigenvalue weighted by molar-refractivity contribution is -0.127. The third-order valence-electron chi connectivity index (χ3n) is 5.87. The number of piperidine rings is 1. The number of nitrogens with one attached hydrogen (secondary N) is 1. The normalized spacial score (nSPS) is 18.2. The second-order valence-electron chi connectivity index (χ2n) is 7.86. The van der Waals surface area contributed by atoms with Crippen molar-refractivity contribution in [2.75, 3.05) is 39.3 Å². The first-order valence-electron chi connectivity index (χ1n) is 11.2. The molecule has 8 nitrogen and oxygen atoms in total. The number of imide groups is 1. The molecule has 0 radical (unpaired) electrons. The molecule has 0 bridgehead atoms. The molecule has 0 unspecified atom stereocenters. The Morgan fingerprint density at radius 3 is 2.48 bits per heavy atom. The molecule has 0 saturated carbocycles. The maximum atomic E-state index is 13.8. The first-order chi connectivity index (χ1) is 15.8. The predicted molar refractivity (Wildman–Crippen MR) is 125 cm³/mol. The second-order valence-corrected chi connectivity index (χ2v) is 8.86. The van der Waals surface area contributed by atoms with Crippen LogP contribution >= 0.6 is 11.8 Å². The van der Waals surface area contributed by atoms with E-state index in [-0.39, 0.29) is 41.4 Å². The summed E-state index contributed by atoms with van der Waals surface area (Å²) in [6, 6.07) is 6.02. The number of likely N-dealkylation sites (tertiary alicyclic amines) is 1. The number of rotatable bonds is 7. The average molecular weight is 477 g/mol. The van der Waals surface area contributed by atoms with Crippen molar-refractivity contribution in [3.8, 4) is 0 Å². The summed E-state index contributed by atoms with van der Waals surface area (Å²) in [6.07, 6.45) is 2.52. The van der Waals surface area contributed by atoms with E-state index in [0.29, 0.717) is 39.0 Å². The minimum absolute atomic E-state index is 0.00154. The first-order valence-corrected chi connectivity index (χ1v) is 12.0. The van der Waals surface area contributed by atoms with Gasteiger partial charge in [0, 0.05) is 50.7 Å². The van der Waals surface area contributed by atoms with Gasteiger partial charge in [0.05, 0.1) is 4.91 Å². The van der Waals surface area contributed by atoms with Crippen molar-refractivity contribution in [1.29, 1.82) is 0 Å². The van der Waals surface area contributed by atoms with Crippen LogP contribution in [0, 0.1) is 11.7 Å². The molecule has 10 heteroatoms. The molecule has 5 amide bonds. The summed E-state index contributed by atoms with van der Waals surface area (Å²) in [7, 11) is 0. The van der Waals surface area contributed by atoms with Crippen LogP contribution < -0.4 is 5.32 Å². The Bertz CT molecular complexity index is 942. The van der Waals surface area contributed by atoms with Crippen LogP contribution in [0.2, 0.25) is 0 Å². The van der Waals surface area contributed by atoms with Gasteiger partial charge in [-0.1, -0.05) is 18.2 Å². The smallest absolute Gasteiger partial charge is 0.319 e. The molecule has 2 heterocycles. The minimum Gasteiger partial charge on any atom is -0.354 e. The molecule has 0 spiro atoms. The molecule has 0 atom stereocenters. The summed E-state index contributed by atoms with van der Waals surface area (Å²) in [6.45, 7) is 6.42. The van der Waals surface area contributed by atoms with E-state index in [4.69, 9.17) is 0 Å². The summed E-state index contributed by atoms with van der Waals surface area (Å²) >= 11 is 0.759. The Morgan fingerprint density at radius 2 is 1.85 bits per heavy atom. The number of carbonyl (C=O) groups is 4. The van der Waals surface area contributed by atoms with Gasteiger partial charge in [-0.25, -0.2) is 9.18 Å². The van der Waals surface area contributed by atoms with Gasteiger partial charge in [0.2, 0.25) is 5.91 Å². The Hall–Kier alpha value is -2.88. The molecular weight excluding hydrogens is 447 g/mol. The van der Waals surface area contributed by atoms with Crippen molar-refractivity contribution in [3.05, 3.63) is 40.6 Å². The van der Waals surface area contributed by atoms with Gasteiger partial charge in [0.25, 0.3) is 11.1 Å². The van der Waals surface area contributed by atoms with Gasteiger partial charge < -0.3 is 15.1 Å². The predicted octanol–water partition coefficient (Wildman–Crippen LogP) is 3.15. The third-order valence-corrected chi connectivity index (χ3v) is 6.78. The zero-order chi connectivity index (χ0) is 24.0. The van der Waals surface area contributed by atoms with Gasteiger partial charge in [-0.3, -0.25) is 19.3 Å². The average Bonchev–Trinajstić information content (AvgIpc) is 3.08. The van der Waals surface area contributed by atoms with Gasteiger partial charge in [0.1, 0.15) is 5.82 Å². The lowest BCUT2D eigenvalue weighted by Crippen LogP contribution is -2.48. The highest BCUT2D eigenvalue weighted by atomic mass is 32.2. The van der Waals surface area contributed by atoms with Crippen LogP contribution in [0.25, 0.3) is 6.08 Å². The SMILES string of the molecule is CCN(CC)C(=O)N1CCC(C(=O)NCCN2C(=O)S/C(=C\c3ccccc3F)C2=O)CC1. The lowest BCUT2D eigenvalue weighted by Gasteiger charge is -2.34. The number of urea groups is 1. The molecule has 178 valence electrons. The molecule has 3 rings (SSSR count). The van der Waals surface area contributed by atoms with Crippen LogP contribution in [0.15, 0.2) is 29.2 Å². The Morgan fingerprint density at radius 1 is 1.18 bits per heavy atom. The first kappa shape index (κ1) is 24.8. The van der Waals surface area contributed by atoms with Crippen LogP contribution in [-0.4, -0.2) is 77.1 Å². The van der Waals surface area contributed by atoms with E-state index in [1.54, 1.807) is 21.9 Å². The van der Waals surface area contributed by atoms with Crippen LogP contribution in [0.1, 0.15) is 32.3 Å². The number of amides is 5. The monoisotopic (exact) mass is 476 g/mol. The van der Waals surface area contributed by atoms with Crippen molar-refractivity contribution >= 4 is 40.9 Å². The highest BCUT2D eigenvalue weighted by molar-refractivity contribution is 8.18. The fourth-order valence-corrected chi connectivity index (χ4v) is 4.74. The molecule has 2 aliphatic heterocycles. The second kappa shape index (κ2) is 11.3. The number of hydrogen-bond acceptors (Lipinski definition) is 5. The van der Waals surface area contributed by atoms with Crippen molar-refractivity contribution in [1.82, 2.24) is 20.0 Å². The molecule has 0 aliphatic carbocycles. The molecule has 1 N–H and O–H groups in total. The molecule has 0 aromatic heterocycles. The number of hydrogen-bond donors (Lipinski definition) is 1. The van der Waals surface area contributed by atoms with Crippen molar-refractivity contribution < 1.29 is 23.6 Å². The number of nitrogens with zero attached hydrogens (tertiary/aromatic N) is 3. The van der Waals surface area contributed by atoms with Crippen molar-refractivity contribution in [3.63, 3.8) is 0 Å².